The first-order valence-corrected chi connectivity index (χ1v) is 31.4. The minimum atomic E-state index is -0.396. The number of ether oxygens (including phenoxy) is 1. The molecule has 26 heteroatoms. The van der Waals surface area contributed by atoms with E-state index in [-0.39, 0.29) is 56.9 Å². The van der Waals surface area contributed by atoms with Gasteiger partial charge in [0.25, 0.3) is 17.1 Å². The Morgan fingerprint density at radius 3 is 1.44 bits per heavy atom. The number of nitro benzene ring substituents is 3. The topological polar surface area (TPSA) is 317 Å². The fourth-order valence-electron chi connectivity index (χ4n) is 10.3. The van der Waals surface area contributed by atoms with Gasteiger partial charge in [0, 0.05) is 126 Å². The summed E-state index contributed by atoms with van der Waals surface area (Å²) in [5, 5.41) is 49.8. The molecule has 0 spiro atoms. The second-order valence-corrected chi connectivity index (χ2v) is 21.8. The van der Waals surface area contributed by atoms with Gasteiger partial charge < -0.3 is 34.3 Å². The molecular formula is C72H66BrClFeN15O8+. The number of H-pyrrole nitrogens is 1. The predicted octanol–water partition coefficient (Wildman–Crippen LogP) is 17.0. The maximum absolute atomic E-state index is 11.4. The number of rotatable bonds is 13. The van der Waals surface area contributed by atoms with Crippen LogP contribution in [0.25, 0.3) is 88.6 Å². The van der Waals surface area contributed by atoms with Crippen LogP contribution < -0.4 is 5.73 Å². The SMILES string of the molecule is C=CCBr.C=CCn1cnc2c(-c3ccccc3)cc(N)cc21.C=CCn1cnc2c(-c3ccccc3)cc([N+](=O)[O-])cc21.CO.N#Cc1cnc(Cl)nc1.O=[N+]([O-])c1cc(-c2ccccc2)c2nc[nH]c2c1.O=[N+]([O-])c1cc(-c2ccccc2)c2ncn(C3CCCCO3)c2c1.[Fe].[H+]. The first-order chi connectivity index (χ1) is 47.2. The van der Waals surface area contributed by atoms with Crippen molar-refractivity contribution in [3.05, 3.63) is 287 Å². The van der Waals surface area contributed by atoms with Gasteiger partial charge in [-0.25, -0.2) is 29.9 Å². The number of halogens is 2. The Morgan fingerprint density at radius 2 is 1.02 bits per heavy atom. The summed E-state index contributed by atoms with van der Waals surface area (Å²) in [5.74, 6) is 0. The number of nitrogens with zero attached hydrogens (tertiary/aromatic N) is 13. The molecule has 98 heavy (non-hydrogen) atoms. The zero-order valence-electron chi connectivity index (χ0n) is 53.8. The molecule has 498 valence electrons. The van der Waals surface area contributed by atoms with Crippen LogP contribution in [0.15, 0.2) is 246 Å². The van der Waals surface area contributed by atoms with Gasteiger partial charge >= 0.3 is 1.43 Å². The summed E-state index contributed by atoms with van der Waals surface area (Å²) in [4.78, 5) is 60.1. The van der Waals surface area contributed by atoms with E-state index in [9.17, 15) is 30.3 Å². The molecule has 0 radical (unpaired) electrons. The van der Waals surface area contributed by atoms with E-state index >= 15 is 0 Å². The summed E-state index contributed by atoms with van der Waals surface area (Å²) in [6.07, 6.45) is 17.9. The van der Waals surface area contributed by atoms with Crippen LogP contribution in [0.5, 0.6) is 0 Å². The maximum atomic E-state index is 11.4. The van der Waals surface area contributed by atoms with Gasteiger partial charge in [-0.15, -0.1) is 19.7 Å². The Bertz CT molecular complexity index is 4860. The van der Waals surface area contributed by atoms with Crippen molar-refractivity contribution in [1.82, 2.24) is 48.6 Å². The molecular weight excluding hydrogens is 1370 g/mol. The van der Waals surface area contributed by atoms with Crippen LogP contribution in [0.2, 0.25) is 5.28 Å². The standard InChI is InChI=1S/C18H17N3O3.C16H13N3O2.C16H15N3.C13H9N3O2.C5H2ClN3.C3H5Br.CH4O.Fe/c22-21(23)14-10-15(13-6-2-1-3-7-13)18-16(11-14)20(12-19-18)17-8-4-5-9-24-17;1-2-8-18-11-17-16-14(12-6-4-3-5-7-12)9-13(19(20)21)10-15(16)18;1-2-8-19-11-18-16-14(9-13(17)10-15(16)19)12-6-4-3-5-7-12;17-16(18)10-6-11(9-4-2-1-3-5-9)13-12(7-10)14-8-15-13;6-5-8-2-4(1-7)3-9-5;1-2-3-4;1-2;/h1-3,6-7,10-12,17H,4-5,8-9H2;2-7,9-11H,1,8H2;2-7,9-11H,1,8,17H2;1-8H,(H,14,15);2-3H;2H,1,3H2;2H,1H3;/p+1. The Labute approximate surface area is 588 Å². The number of benzene rings is 8. The van der Waals surface area contributed by atoms with E-state index in [1.165, 1.54) is 18.5 Å². The van der Waals surface area contributed by atoms with Gasteiger partial charge in [0.05, 0.1) is 89.8 Å². The largest absolute Gasteiger partial charge is 1.00 e. The summed E-state index contributed by atoms with van der Waals surface area (Å²) in [6, 6.07) is 54.1. The fraction of sp³-hybridized carbons (Fsp3) is 0.125. The second kappa shape index (κ2) is 37.1. The number of aliphatic hydroxyl groups excluding tert-OH is 1. The summed E-state index contributed by atoms with van der Waals surface area (Å²) < 4.78 is 11.6. The molecule has 1 aliphatic rings. The van der Waals surface area contributed by atoms with E-state index in [0.29, 0.717) is 24.2 Å². The number of allylic oxidation sites excluding steroid dienone is 3. The van der Waals surface area contributed by atoms with E-state index < -0.39 is 4.92 Å². The van der Waals surface area contributed by atoms with E-state index in [0.717, 1.165) is 127 Å². The monoisotopic (exact) mass is 1440 g/mol. The smallest absolute Gasteiger partial charge is 0.400 e. The molecule has 1 fully saturated rings. The van der Waals surface area contributed by atoms with Gasteiger partial charge in [-0.3, -0.25) is 30.3 Å². The van der Waals surface area contributed by atoms with Crippen molar-refractivity contribution >= 4 is 94.4 Å². The van der Waals surface area contributed by atoms with Crippen molar-refractivity contribution in [1.29, 1.82) is 5.26 Å². The number of fused-ring (bicyclic) bond motifs is 4. The van der Waals surface area contributed by atoms with E-state index in [1.807, 2.05) is 154 Å². The molecule has 0 amide bonds. The van der Waals surface area contributed by atoms with Gasteiger partial charge in [0.1, 0.15) is 12.3 Å². The summed E-state index contributed by atoms with van der Waals surface area (Å²) in [5.41, 5.74) is 21.1. The Kier molecular flexibility index (Phi) is 28.0. The number of hydrogen-bond acceptors (Lipinski definition) is 16. The van der Waals surface area contributed by atoms with Gasteiger partial charge in [-0.05, 0) is 65.2 Å². The van der Waals surface area contributed by atoms with Gasteiger partial charge in [0.2, 0.25) is 5.28 Å². The normalized spacial score (nSPS) is 11.8. The van der Waals surface area contributed by atoms with Crippen molar-refractivity contribution in [2.45, 2.75) is 38.6 Å². The van der Waals surface area contributed by atoms with E-state index in [2.05, 4.69) is 82.7 Å². The number of aromatic amines is 1. The number of nitro groups is 3. The molecule has 1 unspecified atom stereocenters. The molecule has 1 aliphatic heterocycles. The fourth-order valence-corrected chi connectivity index (χ4v) is 10.4. The number of anilines is 1. The summed E-state index contributed by atoms with van der Waals surface area (Å²) >= 11 is 8.47. The van der Waals surface area contributed by atoms with Crippen LogP contribution in [0.4, 0.5) is 22.7 Å². The van der Waals surface area contributed by atoms with Crippen LogP contribution in [-0.4, -0.2) is 87.5 Å². The number of nitriles is 1. The van der Waals surface area contributed by atoms with Gasteiger partial charge in [-0.1, -0.05) is 155 Å². The number of aromatic nitrogens is 10. The average molecular weight is 1440 g/mol. The number of nitrogen functional groups attached to an aromatic ring is 1. The van der Waals surface area contributed by atoms with Crippen molar-refractivity contribution in [2.24, 2.45) is 0 Å². The molecule has 6 heterocycles. The number of nitrogens with one attached hydrogen (secondary N) is 1. The number of nitrogens with two attached hydrogens (primary N) is 1. The van der Waals surface area contributed by atoms with Gasteiger partial charge in [0.15, 0.2) is 0 Å². The molecule has 14 rings (SSSR count). The van der Waals surface area contributed by atoms with Gasteiger partial charge in [-0.2, -0.15) is 5.26 Å². The molecule has 23 nitrogen and oxygen atoms in total. The van der Waals surface area contributed by atoms with Crippen LogP contribution in [0, 0.1) is 41.7 Å². The van der Waals surface area contributed by atoms with E-state index in [4.69, 9.17) is 32.4 Å². The first kappa shape index (κ1) is 74.0. The molecule has 1 atom stereocenters. The average Bonchev–Trinajstić information content (AvgIpc) is 1.69. The number of alkyl halides is 1. The number of hydrogen-bond donors (Lipinski definition) is 3. The molecule has 1 saturated heterocycles. The van der Waals surface area contributed by atoms with Crippen molar-refractivity contribution < 1.29 is 43.1 Å². The van der Waals surface area contributed by atoms with Crippen LogP contribution >= 0.6 is 27.5 Å². The predicted molar refractivity (Wildman–Crippen MR) is 386 cm³/mol. The van der Waals surface area contributed by atoms with Crippen molar-refractivity contribution in [3.8, 4) is 50.6 Å². The second-order valence-electron chi connectivity index (χ2n) is 20.8. The molecule has 0 bridgehead atoms. The third-order valence-corrected chi connectivity index (χ3v) is 15.2. The van der Waals surface area contributed by atoms with Crippen molar-refractivity contribution in [3.63, 3.8) is 0 Å². The van der Waals surface area contributed by atoms with Crippen molar-refractivity contribution in [2.75, 3.05) is 24.8 Å². The van der Waals surface area contributed by atoms with Crippen LogP contribution in [-0.2, 0) is 34.9 Å². The third-order valence-electron chi connectivity index (χ3n) is 14.6. The Balaban J connectivity index is 0.000000194. The molecule has 0 saturated carbocycles. The first-order valence-electron chi connectivity index (χ1n) is 29.9. The minimum Gasteiger partial charge on any atom is -0.400 e. The van der Waals surface area contributed by atoms with E-state index in [1.54, 1.807) is 61.5 Å². The number of non-ortho nitro benzene ring substituents is 3. The minimum absolute atomic E-state index is 0. The molecule has 13 aromatic rings. The summed E-state index contributed by atoms with van der Waals surface area (Å²) in [6.45, 7) is 12.9. The number of aliphatic hydroxyl groups is 1. The van der Waals surface area contributed by atoms with Crippen LogP contribution in [0.1, 0.15) is 32.5 Å². The molecule has 0 aliphatic carbocycles. The Morgan fingerprint density at radius 1 is 0.612 bits per heavy atom. The zero-order chi connectivity index (χ0) is 69.2. The molecule has 8 aromatic carbocycles. The quantitative estimate of drug-likeness (QED) is 0.0184. The maximum Gasteiger partial charge on any atom is 1.00 e. The molecule has 5 aromatic heterocycles. The number of imidazole rings is 4. The zero-order valence-corrected chi connectivity index (χ0v) is 56.3. The van der Waals surface area contributed by atoms with Crippen LogP contribution in [0.3, 0.4) is 0 Å². The third kappa shape index (κ3) is 19.0. The Hall–Kier alpha value is -11.4. The molecule has 4 N–H and O–H groups in total. The summed E-state index contributed by atoms with van der Waals surface area (Å²) in [7, 11) is 1.00.